The van der Waals surface area contributed by atoms with Crippen molar-refractivity contribution in [1.82, 2.24) is 15.1 Å². The van der Waals surface area contributed by atoms with Crippen molar-refractivity contribution in [3.05, 3.63) is 5.01 Å². The lowest BCUT2D eigenvalue weighted by Gasteiger charge is -2.22. The summed E-state index contributed by atoms with van der Waals surface area (Å²) < 4.78 is 37.2. The number of halogens is 3. The second-order valence-electron chi connectivity index (χ2n) is 3.94. The van der Waals surface area contributed by atoms with Gasteiger partial charge in [-0.05, 0) is 12.8 Å². The van der Waals surface area contributed by atoms with Crippen LogP contribution in [0.2, 0.25) is 0 Å². The van der Waals surface area contributed by atoms with E-state index in [4.69, 9.17) is 0 Å². The van der Waals surface area contributed by atoms with E-state index in [9.17, 15) is 18.0 Å². The first kappa shape index (κ1) is 13.1. The fourth-order valence-corrected chi connectivity index (χ4v) is 2.13. The minimum atomic E-state index is -4.39. The van der Waals surface area contributed by atoms with Gasteiger partial charge in [-0.3, -0.25) is 4.79 Å². The Morgan fingerprint density at radius 2 is 2.17 bits per heavy atom. The molecule has 1 fully saturated rings. The maximum Gasteiger partial charge on any atom is 0.406 e. The van der Waals surface area contributed by atoms with Gasteiger partial charge < -0.3 is 10.2 Å². The molecule has 0 bridgehead atoms. The maximum atomic E-state index is 12.4. The Bertz CT molecular complexity index is 443. The van der Waals surface area contributed by atoms with Gasteiger partial charge in [0.1, 0.15) is 6.54 Å². The number of hydrogen-bond acceptors (Lipinski definition) is 5. The quantitative estimate of drug-likeness (QED) is 0.912. The van der Waals surface area contributed by atoms with Crippen LogP contribution in [0.3, 0.4) is 0 Å². The van der Waals surface area contributed by atoms with E-state index in [1.54, 1.807) is 7.05 Å². The van der Waals surface area contributed by atoms with Crippen LogP contribution >= 0.6 is 11.3 Å². The molecule has 100 valence electrons. The zero-order valence-corrected chi connectivity index (χ0v) is 10.3. The highest BCUT2D eigenvalue weighted by molar-refractivity contribution is 7.17. The Hall–Kier alpha value is -1.38. The number of rotatable bonds is 4. The zero-order valence-electron chi connectivity index (χ0n) is 9.49. The third-order valence-corrected chi connectivity index (χ3v) is 3.35. The molecule has 5 nitrogen and oxygen atoms in total. The second kappa shape index (κ2) is 4.71. The first-order chi connectivity index (χ1) is 8.40. The third-order valence-electron chi connectivity index (χ3n) is 2.42. The number of aromatic nitrogens is 2. The average molecular weight is 280 g/mol. The van der Waals surface area contributed by atoms with Crippen molar-refractivity contribution in [3.8, 4) is 0 Å². The summed E-state index contributed by atoms with van der Waals surface area (Å²) in [5, 5.41) is 10.3. The molecule has 0 unspecified atom stereocenters. The molecule has 0 aromatic carbocycles. The molecule has 1 aromatic heterocycles. The number of nitrogens with one attached hydrogen (secondary N) is 1. The summed E-state index contributed by atoms with van der Waals surface area (Å²) in [6.45, 7) is -1.23. The van der Waals surface area contributed by atoms with E-state index < -0.39 is 18.6 Å². The molecule has 1 aliphatic rings. The third kappa shape index (κ3) is 3.09. The number of hydrogen-bond donors (Lipinski definition) is 1. The van der Waals surface area contributed by atoms with Gasteiger partial charge >= 0.3 is 6.18 Å². The molecule has 9 heteroatoms. The van der Waals surface area contributed by atoms with Crippen LogP contribution in [0.1, 0.15) is 22.6 Å². The van der Waals surface area contributed by atoms with Crippen LogP contribution in [0.5, 0.6) is 0 Å². The topological polar surface area (TPSA) is 58.1 Å². The molecule has 0 radical (unpaired) electrons. The van der Waals surface area contributed by atoms with Crippen molar-refractivity contribution in [1.29, 1.82) is 0 Å². The average Bonchev–Trinajstić information content (AvgIpc) is 3.01. The lowest BCUT2D eigenvalue weighted by Crippen LogP contribution is -2.40. The van der Waals surface area contributed by atoms with Crippen LogP contribution in [-0.2, 0) is 0 Å². The minimum absolute atomic E-state index is 0.0181. The van der Waals surface area contributed by atoms with Gasteiger partial charge in [-0.1, -0.05) is 11.3 Å². The SMILES string of the molecule is CNc1nnc(C(=O)N(CC(F)(F)F)C2CC2)s1. The van der Waals surface area contributed by atoms with Crippen molar-refractivity contribution >= 4 is 22.4 Å². The van der Waals surface area contributed by atoms with Crippen molar-refractivity contribution < 1.29 is 18.0 Å². The summed E-state index contributed by atoms with van der Waals surface area (Å²) >= 11 is 0.949. The van der Waals surface area contributed by atoms with Gasteiger partial charge in [-0.2, -0.15) is 13.2 Å². The molecule has 1 heterocycles. The molecule has 2 rings (SSSR count). The molecule has 0 aliphatic heterocycles. The molecule has 1 saturated carbocycles. The summed E-state index contributed by atoms with van der Waals surface area (Å²) in [6, 6.07) is -0.318. The highest BCUT2D eigenvalue weighted by Crippen LogP contribution is 2.32. The number of nitrogens with zero attached hydrogens (tertiary/aromatic N) is 3. The Morgan fingerprint density at radius 1 is 1.50 bits per heavy atom. The summed E-state index contributed by atoms with van der Waals surface area (Å²) in [7, 11) is 1.60. The maximum absolute atomic E-state index is 12.4. The second-order valence-corrected chi connectivity index (χ2v) is 4.92. The predicted molar refractivity (Wildman–Crippen MR) is 59.6 cm³/mol. The number of amides is 1. The first-order valence-electron chi connectivity index (χ1n) is 5.29. The van der Waals surface area contributed by atoms with Gasteiger partial charge in [-0.15, -0.1) is 10.2 Å². The first-order valence-corrected chi connectivity index (χ1v) is 6.11. The summed E-state index contributed by atoms with van der Waals surface area (Å²) in [4.78, 5) is 12.8. The Balaban J connectivity index is 2.13. The van der Waals surface area contributed by atoms with Gasteiger partial charge in [0.25, 0.3) is 5.91 Å². The lowest BCUT2D eigenvalue weighted by atomic mass is 10.4. The lowest BCUT2D eigenvalue weighted by molar-refractivity contribution is -0.141. The number of anilines is 1. The molecule has 0 atom stereocenters. The molecular weight excluding hydrogens is 269 g/mol. The van der Waals surface area contributed by atoms with Crippen LogP contribution in [0.4, 0.5) is 18.3 Å². The number of alkyl halides is 3. The molecule has 0 saturated heterocycles. The number of carbonyl (C=O) groups excluding carboxylic acids is 1. The zero-order chi connectivity index (χ0) is 13.3. The molecule has 1 N–H and O–H groups in total. The normalized spacial score (nSPS) is 15.6. The monoisotopic (exact) mass is 280 g/mol. The van der Waals surface area contributed by atoms with Gasteiger partial charge in [0.15, 0.2) is 0 Å². The Morgan fingerprint density at radius 3 is 2.61 bits per heavy atom. The molecule has 1 aliphatic carbocycles. The molecule has 0 spiro atoms. The molecule has 1 amide bonds. The Labute approximate surface area is 105 Å². The highest BCUT2D eigenvalue weighted by atomic mass is 32.1. The Kier molecular flexibility index (Phi) is 3.42. The van der Waals surface area contributed by atoms with Gasteiger partial charge in [0.05, 0.1) is 0 Å². The van der Waals surface area contributed by atoms with Crippen molar-refractivity contribution in [2.75, 3.05) is 18.9 Å². The van der Waals surface area contributed by atoms with E-state index in [1.807, 2.05) is 0 Å². The standard InChI is InChI=1S/C9H11F3N4OS/c1-13-8-15-14-6(18-8)7(17)16(5-2-3-5)4-9(10,11)12/h5H,2-4H2,1H3,(H,13,15). The van der Waals surface area contributed by atoms with Gasteiger partial charge in [-0.25, -0.2) is 0 Å². The summed E-state index contributed by atoms with van der Waals surface area (Å²) in [6.07, 6.45) is -3.17. The molecule has 1 aromatic rings. The van der Waals surface area contributed by atoms with Crippen molar-refractivity contribution in [2.24, 2.45) is 0 Å². The van der Waals surface area contributed by atoms with Gasteiger partial charge in [0, 0.05) is 13.1 Å². The van der Waals surface area contributed by atoms with E-state index in [-0.39, 0.29) is 11.0 Å². The van der Waals surface area contributed by atoms with Crippen LogP contribution in [0.15, 0.2) is 0 Å². The number of carbonyl (C=O) groups is 1. The highest BCUT2D eigenvalue weighted by Gasteiger charge is 2.41. The summed E-state index contributed by atoms with van der Waals surface area (Å²) in [5.74, 6) is -0.700. The molecular formula is C9H11F3N4OS. The summed E-state index contributed by atoms with van der Waals surface area (Å²) in [5.41, 5.74) is 0. The van der Waals surface area contributed by atoms with E-state index in [2.05, 4.69) is 15.5 Å². The van der Waals surface area contributed by atoms with E-state index in [0.717, 1.165) is 16.2 Å². The van der Waals surface area contributed by atoms with E-state index in [0.29, 0.717) is 18.0 Å². The largest absolute Gasteiger partial charge is 0.406 e. The molecule has 18 heavy (non-hydrogen) atoms. The predicted octanol–water partition coefficient (Wildman–Crippen LogP) is 1.75. The minimum Gasteiger partial charge on any atom is -0.363 e. The fourth-order valence-electron chi connectivity index (χ4n) is 1.48. The van der Waals surface area contributed by atoms with Gasteiger partial charge in [0.2, 0.25) is 10.1 Å². The van der Waals surface area contributed by atoms with Crippen molar-refractivity contribution in [3.63, 3.8) is 0 Å². The van der Waals surface area contributed by atoms with E-state index >= 15 is 0 Å². The van der Waals surface area contributed by atoms with Crippen LogP contribution < -0.4 is 5.32 Å². The van der Waals surface area contributed by atoms with Crippen LogP contribution in [0, 0.1) is 0 Å². The van der Waals surface area contributed by atoms with Crippen molar-refractivity contribution in [2.45, 2.75) is 25.1 Å². The van der Waals surface area contributed by atoms with Crippen LogP contribution in [0.25, 0.3) is 0 Å². The fraction of sp³-hybridized carbons (Fsp3) is 0.667. The smallest absolute Gasteiger partial charge is 0.363 e. The van der Waals surface area contributed by atoms with Crippen LogP contribution in [-0.4, -0.2) is 46.8 Å². The van der Waals surface area contributed by atoms with E-state index in [1.165, 1.54) is 0 Å².